The number of rotatable bonds is 8. The second kappa shape index (κ2) is 6.14. The van der Waals surface area contributed by atoms with E-state index in [1.807, 2.05) is 0 Å². The van der Waals surface area contributed by atoms with Gasteiger partial charge in [-0.1, -0.05) is 0 Å². The Balaban J connectivity index is 4.02. The molecule has 0 fully saturated rings. The van der Waals surface area contributed by atoms with Gasteiger partial charge in [-0.2, -0.15) is 0 Å². The largest absolute Gasteiger partial charge is 0.481 e. The van der Waals surface area contributed by atoms with Crippen molar-refractivity contribution in [2.45, 2.75) is 25.4 Å². The van der Waals surface area contributed by atoms with Crippen LogP contribution in [0, 0.1) is 0 Å². The van der Waals surface area contributed by atoms with E-state index in [1.165, 1.54) is 6.92 Å². The van der Waals surface area contributed by atoms with Crippen molar-refractivity contribution < 1.29 is 28.5 Å². The van der Waals surface area contributed by atoms with Gasteiger partial charge >= 0.3 is 5.97 Å². The van der Waals surface area contributed by atoms with Crippen molar-refractivity contribution >= 4 is 16.0 Å². The third-order valence-corrected chi connectivity index (χ3v) is 3.23. The van der Waals surface area contributed by atoms with Crippen molar-refractivity contribution in [2.75, 3.05) is 18.9 Å². The molecule has 0 aromatic carbocycles. The second-order valence-corrected chi connectivity index (χ2v) is 5.72. The Kier molecular flexibility index (Phi) is 5.87. The zero-order chi connectivity index (χ0) is 12.8. The van der Waals surface area contributed by atoms with Gasteiger partial charge in [0.05, 0.1) is 18.0 Å². The molecule has 1 unspecified atom stereocenters. The zero-order valence-corrected chi connectivity index (χ0v) is 9.83. The van der Waals surface area contributed by atoms with E-state index in [-0.39, 0.29) is 25.1 Å². The lowest BCUT2D eigenvalue weighted by molar-refractivity contribution is -0.137. The number of aliphatic hydroxyl groups is 2. The highest BCUT2D eigenvalue weighted by Crippen LogP contribution is 2.01. The van der Waals surface area contributed by atoms with Crippen LogP contribution in [0.15, 0.2) is 0 Å². The van der Waals surface area contributed by atoms with Crippen LogP contribution in [0.25, 0.3) is 0 Å². The molecule has 0 radical (unpaired) electrons. The van der Waals surface area contributed by atoms with Crippen LogP contribution in [-0.2, 0) is 14.8 Å². The summed E-state index contributed by atoms with van der Waals surface area (Å²) in [5.41, 5.74) is -1.51. The maximum atomic E-state index is 11.3. The van der Waals surface area contributed by atoms with E-state index in [0.29, 0.717) is 0 Å². The topological polar surface area (TPSA) is 124 Å². The van der Waals surface area contributed by atoms with Gasteiger partial charge in [-0.25, -0.2) is 13.1 Å². The Morgan fingerprint density at radius 2 is 2.00 bits per heavy atom. The smallest absolute Gasteiger partial charge is 0.303 e. The molecule has 8 heteroatoms. The molecule has 4 N–H and O–H groups in total. The minimum Gasteiger partial charge on any atom is -0.481 e. The Hall–Kier alpha value is -0.700. The minimum atomic E-state index is -3.60. The third kappa shape index (κ3) is 7.57. The first kappa shape index (κ1) is 15.3. The Morgan fingerprint density at radius 3 is 2.44 bits per heavy atom. The molecule has 0 saturated carbocycles. The number of sulfonamides is 1. The molecule has 0 spiro atoms. The van der Waals surface area contributed by atoms with E-state index in [2.05, 4.69) is 4.72 Å². The molecule has 0 aliphatic carbocycles. The number of carbonyl (C=O) groups is 1. The minimum absolute atomic E-state index is 0.00589. The van der Waals surface area contributed by atoms with Gasteiger partial charge in [0, 0.05) is 13.0 Å². The molecule has 0 aliphatic heterocycles. The van der Waals surface area contributed by atoms with Crippen molar-refractivity contribution in [3.05, 3.63) is 0 Å². The van der Waals surface area contributed by atoms with Gasteiger partial charge in [0.1, 0.15) is 0 Å². The molecule has 0 rings (SSSR count). The highest BCUT2D eigenvalue weighted by molar-refractivity contribution is 7.89. The second-order valence-electron chi connectivity index (χ2n) is 3.79. The first-order valence-electron chi connectivity index (χ1n) is 4.71. The molecule has 0 saturated heterocycles. The van der Waals surface area contributed by atoms with Crippen LogP contribution in [0.1, 0.15) is 19.8 Å². The molecule has 0 aromatic heterocycles. The van der Waals surface area contributed by atoms with Crippen molar-refractivity contribution in [3.63, 3.8) is 0 Å². The number of aliphatic carboxylic acids is 1. The van der Waals surface area contributed by atoms with E-state index >= 15 is 0 Å². The number of hydrogen-bond donors (Lipinski definition) is 4. The summed E-state index contributed by atoms with van der Waals surface area (Å²) < 4.78 is 24.6. The highest BCUT2D eigenvalue weighted by Gasteiger charge is 2.22. The lowest BCUT2D eigenvalue weighted by atomic mass is 10.1. The fourth-order valence-electron chi connectivity index (χ4n) is 0.807. The molecule has 16 heavy (non-hydrogen) atoms. The zero-order valence-electron chi connectivity index (χ0n) is 9.01. The van der Waals surface area contributed by atoms with Crippen LogP contribution < -0.4 is 4.72 Å². The number of nitrogens with one attached hydrogen (secondary N) is 1. The molecule has 96 valence electrons. The van der Waals surface area contributed by atoms with Crippen molar-refractivity contribution in [1.82, 2.24) is 4.72 Å². The maximum absolute atomic E-state index is 11.3. The van der Waals surface area contributed by atoms with E-state index < -0.39 is 28.2 Å². The van der Waals surface area contributed by atoms with Gasteiger partial charge in [-0.05, 0) is 13.3 Å². The summed E-state index contributed by atoms with van der Waals surface area (Å²) in [5, 5.41) is 26.3. The summed E-state index contributed by atoms with van der Waals surface area (Å²) in [4.78, 5) is 10.2. The standard InChI is InChI=1S/C8H17NO6S/c1-8(13,6-10)5-9-16(14,15)4-2-3-7(11)12/h9-10,13H,2-6H2,1H3,(H,11,12). The van der Waals surface area contributed by atoms with Gasteiger partial charge in [0.15, 0.2) is 0 Å². The number of hydrogen-bond acceptors (Lipinski definition) is 5. The Bertz CT molecular complexity index is 323. The summed E-state index contributed by atoms with van der Waals surface area (Å²) in [5.74, 6) is -1.38. The first-order valence-corrected chi connectivity index (χ1v) is 6.36. The fraction of sp³-hybridized carbons (Fsp3) is 0.875. The Labute approximate surface area is 94.1 Å². The van der Waals surface area contributed by atoms with Gasteiger partial charge in [0.25, 0.3) is 0 Å². The molecule has 0 amide bonds. The molecule has 7 nitrogen and oxygen atoms in total. The lowest BCUT2D eigenvalue weighted by Gasteiger charge is -2.20. The SMILES string of the molecule is CC(O)(CO)CNS(=O)(=O)CCCC(=O)O. The predicted octanol–water partition coefficient (Wildman–Crippen LogP) is -1.49. The van der Waals surface area contributed by atoms with Gasteiger partial charge in [-0.15, -0.1) is 0 Å². The average Bonchev–Trinajstić information content (AvgIpc) is 2.14. The highest BCUT2D eigenvalue weighted by atomic mass is 32.2. The normalized spacial score (nSPS) is 15.7. The van der Waals surface area contributed by atoms with Crippen LogP contribution >= 0.6 is 0 Å². The van der Waals surface area contributed by atoms with Gasteiger partial charge in [-0.3, -0.25) is 4.79 Å². The average molecular weight is 255 g/mol. The van der Waals surface area contributed by atoms with Crippen LogP contribution in [-0.4, -0.2) is 54.2 Å². The van der Waals surface area contributed by atoms with Crippen molar-refractivity contribution in [3.8, 4) is 0 Å². The summed E-state index contributed by atoms with van der Waals surface area (Å²) >= 11 is 0. The summed E-state index contributed by atoms with van der Waals surface area (Å²) in [7, 11) is -3.60. The summed E-state index contributed by atoms with van der Waals surface area (Å²) in [6, 6.07) is 0. The molecular weight excluding hydrogens is 238 g/mol. The van der Waals surface area contributed by atoms with E-state index in [4.69, 9.17) is 10.2 Å². The lowest BCUT2D eigenvalue weighted by Crippen LogP contribution is -2.43. The molecule has 0 bridgehead atoms. The molecule has 0 heterocycles. The molecule has 1 atom stereocenters. The van der Waals surface area contributed by atoms with Crippen LogP contribution in [0.4, 0.5) is 0 Å². The monoisotopic (exact) mass is 255 g/mol. The third-order valence-electron chi connectivity index (χ3n) is 1.82. The summed E-state index contributed by atoms with van der Waals surface area (Å²) in [6.07, 6.45) is -0.219. The van der Waals surface area contributed by atoms with Crippen molar-refractivity contribution in [1.29, 1.82) is 0 Å². The summed E-state index contributed by atoms with van der Waals surface area (Å²) in [6.45, 7) is 0.413. The number of aliphatic hydroxyl groups excluding tert-OH is 1. The van der Waals surface area contributed by atoms with Crippen LogP contribution in [0.3, 0.4) is 0 Å². The van der Waals surface area contributed by atoms with E-state index in [1.54, 1.807) is 0 Å². The Morgan fingerprint density at radius 1 is 1.44 bits per heavy atom. The van der Waals surface area contributed by atoms with Crippen molar-refractivity contribution in [2.24, 2.45) is 0 Å². The molecular formula is C8H17NO6S. The molecule has 0 aromatic rings. The molecule has 0 aliphatic rings. The van der Waals surface area contributed by atoms with Crippen LogP contribution in [0.2, 0.25) is 0 Å². The number of carboxylic acids is 1. The van der Waals surface area contributed by atoms with E-state index in [9.17, 15) is 18.3 Å². The quantitative estimate of drug-likeness (QED) is 0.419. The number of carboxylic acid groups (broad SMARTS) is 1. The van der Waals surface area contributed by atoms with Gasteiger partial charge in [0.2, 0.25) is 10.0 Å². The first-order chi connectivity index (χ1) is 7.18. The maximum Gasteiger partial charge on any atom is 0.303 e. The fourth-order valence-corrected chi connectivity index (χ4v) is 2.01. The van der Waals surface area contributed by atoms with Gasteiger partial charge < -0.3 is 15.3 Å². The van der Waals surface area contributed by atoms with E-state index in [0.717, 1.165) is 0 Å². The van der Waals surface area contributed by atoms with Crippen LogP contribution in [0.5, 0.6) is 0 Å². The predicted molar refractivity (Wildman–Crippen MR) is 56.4 cm³/mol.